The minimum Gasteiger partial charge on any atom is -0.366 e. The van der Waals surface area contributed by atoms with Crippen molar-refractivity contribution in [1.29, 1.82) is 0 Å². The van der Waals surface area contributed by atoms with Crippen molar-refractivity contribution in [2.75, 3.05) is 18.0 Å². The molecule has 9 nitrogen and oxygen atoms in total. The molecule has 0 saturated carbocycles. The summed E-state index contributed by atoms with van der Waals surface area (Å²) >= 11 is 0. The van der Waals surface area contributed by atoms with E-state index in [1.165, 1.54) is 12.1 Å². The third-order valence-electron chi connectivity index (χ3n) is 6.08. The number of amides is 1. The fourth-order valence-corrected chi connectivity index (χ4v) is 4.14. The molecule has 4 aromatic rings. The molecular formula is C23H23FN8O. The lowest BCUT2D eigenvalue weighted by Gasteiger charge is -2.32. The number of rotatable bonds is 5. The number of fused-ring (bicyclic) bond motifs is 1. The Labute approximate surface area is 189 Å². The normalized spacial score (nSPS) is 14.7. The lowest BCUT2D eigenvalue weighted by molar-refractivity contribution is 0.0996. The average molecular weight is 446 g/mol. The van der Waals surface area contributed by atoms with Crippen molar-refractivity contribution in [3.63, 3.8) is 0 Å². The SMILES string of the molecule is CCc1cnc(N2CCC(n3nnc4cc(-c5ccc(C(N)=O)c(F)c5)ncc43)CC2)nc1. The molecule has 33 heavy (non-hydrogen) atoms. The zero-order chi connectivity index (χ0) is 22.9. The van der Waals surface area contributed by atoms with Crippen LogP contribution >= 0.6 is 0 Å². The average Bonchev–Trinajstić information content (AvgIpc) is 3.27. The van der Waals surface area contributed by atoms with Crippen molar-refractivity contribution in [2.45, 2.75) is 32.2 Å². The smallest absolute Gasteiger partial charge is 0.251 e. The monoisotopic (exact) mass is 446 g/mol. The third-order valence-corrected chi connectivity index (χ3v) is 6.08. The predicted octanol–water partition coefficient (Wildman–Crippen LogP) is 2.93. The number of benzene rings is 1. The number of aryl methyl sites for hydroxylation is 1. The largest absolute Gasteiger partial charge is 0.366 e. The second kappa shape index (κ2) is 8.53. The fraction of sp³-hybridized carbons (Fsp3) is 0.304. The summed E-state index contributed by atoms with van der Waals surface area (Å²) in [7, 11) is 0. The van der Waals surface area contributed by atoms with Gasteiger partial charge in [0.1, 0.15) is 16.9 Å². The van der Waals surface area contributed by atoms with Crippen LogP contribution in [0.15, 0.2) is 42.9 Å². The first kappa shape index (κ1) is 20.9. The maximum Gasteiger partial charge on any atom is 0.251 e. The standard InChI is InChI=1S/C23H23FN8O/c1-2-14-11-27-23(28-12-14)31-7-5-16(6-8-31)32-21-13-26-19(10-20(21)29-30-32)15-3-4-17(22(25)33)18(24)9-15/h3-4,9-13,16H,2,5-8H2,1H3,(H2,25,33). The van der Waals surface area contributed by atoms with E-state index in [4.69, 9.17) is 5.73 Å². The van der Waals surface area contributed by atoms with Gasteiger partial charge in [0.15, 0.2) is 0 Å². The van der Waals surface area contributed by atoms with E-state index >= 15 is 0 Å². The van der Waals surface area contributed by atoms with Crippen LogP contribution in [0.3, 0.4) is 0 Å². The maximum atomic E-state index is 14.2. The van der Waals surface area contributed by atoms with E-state index < -0.39 is 11.7 Å². The Bertz CT molecular complexity index is 1310. The summed E-state index contributed by atoms with van der Waals surface area (Å²) in [6.07, 6.45) is 8.18. The van der Waals surface area contributed by atoms with Crippen LogP contribution in [0.25, 0.3) is 22.3 Å². The van der Waals surface area contributed by atoms with Gasteiger partial charge in [0, 0.05) is 31.0 Å². The van der Waals surface area contributed by atoms with Gasteiger partial charge in [-0.15, -0.1) is 5.10 Å². The molecule has 1 amide bonds. The number of carbonyl (C=O) groups excluding carboxylic acids is 1. The minimum absolute atomic E-state index is 0.149. The number of aromatic nitrogens is 6. The van der Waals surface area contributed by atoms with E-state index in [-0.39, 0.29) is 11.6 Å². The van der Waals surface area contributed by atoms with Crippen molar-refractivity contribution in [2.24, 2.45) is 5.73 Å². The topological polar surface area (TPSA) is 116 Å². The Balaban J connectivity index is 1.33. The Kier molecular flexibility index (Phi) is 5.41. The van der Waals surface area contributed by atoms with Crippen molar-refractivity contribution in [3.05, 3.63) is 59.8 Å². The lowest BCUT2D eigenvalue weighted by atomic mass is 10.0. The molecule has 1 aromatic carbocycles. The van der Waals surface area contributed by atoms with E-state index in [1.807, 2.05) is 17.1 Å². The second-order valence-electron chi connectivity index (χ2n) is 8.11. The van der Waals surface area contributed by atoms with Gasteiger partial charge in [-0.1, -0.05) is 18.2 Å². The zero-order valence-electron chi connectivity index (χ0n) is 18.1. The van der Waals surface area contributed by atoms with Crippen LogP contribution in [-0.4, -0.2) is 48.9 Å². The Morgan fingerprint density at radius 3 is 2.55 bits per heavy atom. The summed E-state index contributed by atoms with van der Waals surface area (Å²) in [6.45, 7) is 3.74. The number of hydrogen-bond donors (Lipinski definition) is 1. The molecule has 1 saturated heterocycles. The number of hydrogen-bond acceptors (Lipinski definition) is 7. The molecule has 1 fully saturated rings. The van der Waals surface area contributed by atoms with E-state index in [2.05, 4.69) is 37.1 Å². The van der Waals surface area contributed by atoms with Gasteiger partial charge in [-0.3, -0.25) is 9.78 Å². The minimum atomic E-state index is -0.805. The third kappa shape index (κ3) is 3.99. The molecule has 0 aliphatic carbocycles. The van der Waals surface area contributed by atoms with Crippen LogP contribution in [0, 0.1) is 5.82 Å². The van der Waals surface area contributed by atoms with Gasteiger partial charge in [0.2, 0.25) is 5.95 Å². The Morgan fingerprint density at radius 2 is 1.88 bits per heavy atom. The van der Waals surface area contributed by atoms with Crippen LogP contribution in [0.5, 0.6) is 0 Å². The predicted molar refractivity (Wildman–Crippen MR) is 121 cm³/mol. The van der Waals surface area contributed by atoms with Crippen LogP contribution in [0.1, 0.15) is 41.7 Å². The van der Waals surface area contributed by atoms with Crippen molar-refractivity contribution in [1.82, 2.24) is 29.9 Å². The summed E-state index contributed by atoms with van der Waals surface area (Å²) in [6, 6.07) is 6.20. The Morgan fingerprint density at radius 1 is 1.12 bits per heavy atom. The molecule has 0 radical (unpaired) electrons. The lowest BCUT2D eigenvalue weighted by Crippen LogP contribution is -2.36. The highest BCUT2D eigenvalue weighted by molar-refractivity contribution is 5.93. The van der Waals surface area contributed by atoms with Gasteiger partial charge in [-0.2, -0.15) is 0 Å². The first-order chi connectivity index (χ1) is 16.0. The molecule has 1 aliphatic rings. The van der Waals surface area contributed by atoms with Gasteiger partial charge in [-0.25, -0.2) is 19.0 Å². The van der Waals surface area contributed by atoms with Crippen LogP contribution < -0.4 is 10.6 Å². The number of carbonyl (C=O) groups is 1. The number of nitrogens with two attached hydrogens (primary N) is 1. The second-order valence-corrected chi connectivity index (χ2v) is 8.11. The number of nitrogens with zero attached hydrogens (tertiary/aromatic N) is 7. The summed E-state index contributed by atoms with van der Waals surface area (Å²) in [4.78, 5) is 26.9. The molecule has 3 aromatic heterocycles. The number of pyridine rings is 1. The summed E-state index contributed by atoms with van der Waals surface area (Å²) in [5.74, 6) is -0.721. The van der Waals surface area contributed by atoms with Crippen LogP contribution in [0.2, 0.25) is 0 Å². The van der Waals surface area contributed by atoms with Gasteiger partial charge >= 0.3 is 0 Å². The molecule has 168 valence electrons. The molecule has 10 heteroatoms. The summed E-state index contributed by atoms with van der Waals surface area (Å²) in [5, 5.41) is 8.68. The van der Waals surface area contributed by atoms with E-state index in [1.54, 1.807) is 18.3 Å². The van der Waals surface area contributed by atoms with Crippen molar-refractivity contribution in [3.8, 4) is 11.3 Å². The van der Waals surface area contributed by atoms with E-state index in [0.29, 0.717) is 16.8 Å². The molecule has 2 N–H and O–H groups in total. The highest BCUT2D eigenvalue weighted by Crippen LogP contribution is 2.28. The number of anilines is 1. The van der Waals surface area contributed by atoms with Gasteiger partial charge in [0.05, 0.1) is 23.5 Å². The van der Waals surface area contributed by atoms with Crippen LogP contribution in [-0.2, 0) is 6.42 Å². The number of halogens is 1. The first-order valence-corrected chi connectivity index (χ1v) is 10.9. The molecular weight excluding hydrogens is 423 g/mol. The highest BCUT2D eigenvalue weighted by Gasteiger charge is 2.24. The number of piperidine rings is 1. The van der Waals surface area contributed by atoms with Crippen molar-refractivity contribution >= 4 is 22.9 Å². The highest BCUT2D eigenvalue weighted by atomic mass is 19.1. The quantitative estimate of drug-likeness (QED) is 0.501. The number of primary amides is 1. The summed E-state index contributed by atoms with van der Waals surface area (Å²) in [5.41, 5.74) is 8.75. The van der Waals surface area contributed by atoms with Crippen LogP contribution in [0.4, 0.5) is 10.3 Å². The fourth-order valence-electron chi connectivity index (χ4n) is 4.14. The summed E-state index contributed by atoms with van der Waals surface area (Å²) < 4.78 is 16.1. The van der Waals surface area contributed by atoms with E-state index in [0.717, 1.165) is 49.4 Å². The molecule has 0 unspecified atom stereocenters. The molecule has 5 rings (SSSR count). The molecule has 0 bridgehead atoms. The van der Waals surface area contributed by atoms with Gasteiger partial charge in [0.25, 0.3) is 5.91 Å². The maximum absolute atomic E-state index is 14.2. The zero-order valence-corrected chi connectivity index (χ0v) is 18.1. The van der Waals surface area contributed by atoms with Crippen molar-refractivity contribution < 1.29 is 9.18 Å². The molecule has 1 aliphatic heterocycles. The van der Waals surface area contributed by atoms with Gasteiger partial charge in [-0.05, 0) is 43.0 Å². The molecule has 0 spiro atoms. The molecule has 4 heterocycles. The van der Waals surface area contributed by atoms with E-state index in [9.17, 15) is 9.18 Å². The van der Waals surface area contributed by atoms with Gasteiger partial charge < -0.3 is 10.6 Å². The first-order valence-electron chi connectivity index (χ1n) is 10.9. The Hall–Kier alpha value is -3.95. The molecule has 0 atom stereocenters.